The van der Waals surface area contributed by atoms with E-state index in [0.717, 1.165) is 10.7 Å². The van der Waals surface area contributed by atoms with Crippen molar-refractivity contribution in [1.29, 1.82) is 0 Å². The van der Waals surface area contributed by atoms with E-state index in [1.165, 1.54) is 12.4 Å². The van der Waals surface area contributed by atoms with Crippen LogP contribution >= 0.6 is 11.3 Å². The predicted octanol–water partition coefficient (Wildman–Crippen LogP) is 1.10. The molecule has 0 unspecified atom stereocenters. The van der Waals surface area contributed by atoms with Gasteiger partial charge in [0.25, 0.3) is 5.91 Å². The Labute approximate surface area is 109 Å². The highest BCUT2D eigenvalue weighted by atomic mass is 32.1. The summed E-state index contributed by atoms with van der Waals surface area (Å²) in [6.07, 6.45) is 2.74. The van der Waals surface area contributed by atoms with Crippen LogP contribution in [-0.2, 0) is 6.54 Å². The minimum absolute atomic E-state index is 0.201. The molecule has 0 bridgehead atoms. The summed E-state index contributed by atoms with van der Waals surface area (Å²) < 4.78 is 0. The molecule has 7 heteroatoms. The topological polar surface area (TPSA) is 85.0 Å². The molecule has 0 saturated heterocycles. The Morgan fingerprint density at radius 2 is 2.22 bits per heavy atom. The van der Waals surface area contributed by atoms with Gasteiger partial charge in [-0.3, -0.25) is 4.79 Å². The zero-order valence-electron chi connectivity index (χ0n) is 10.1. The van der Waals surface area contributed by atoms with E-state index in [9.17, 15) is 4.79 Å². The Kier molecular flexibility index (Phi) is 3.52. The first-order chi connectivity index (χ1) is 8.56. The first-order valence-electron chi connectivity index (χ1n) is 5.30. The van der Waals surface area contributed by atoms with Gasteiger partial charge in [-0.2, -0.15) is 0 Å². The lowest BCUT2D eigenvalue weighted by Gasteiger charge is -2.14. The zero-order chi connectivity index (χ0) is 13.1. The van der Waals surface area contributed by atoms with Crippen LogP contribution in [-0.4, -0.2) is 32.8 Å². The summed E-state index contributed by atoms with van der Waals surface area (Å²) in [6.45, 7) is 2.39. The third kappa shape index (κ3) is 2.80. The number of nitrogens with zero attached hydrogens (tertiary/aromatic N) is 4. The fraction of sp³-hybridized carbons (Fsp3) is 0.273. The number of hydrogen-bond acceptors (Lipinski definition) is 6. The lowest BCUT2D eigenvalue weighted by atomic mass is 10.3. The highest BCUT2D eigenvalue weighted by Crippen LogP contribution is 2.11. The van der Waals surface area contributed by atoms with E-state index in [4.69, 9.17) is 5.73 Å². The number of thiazole rings is 1. The van der Waals surface area contributed by atoms with Crippen molar-refractivity contribution in [2.24, 2.45) is 0 Å². The normalized spacial score (nSPS) is 10.3. The van der Waals surface area contributed by atoms with Gasteiger partial charge in [0.05, 0.1) is 29.6 Å². The van der Waals surface area contributed by atoms with Crippen molar-refractivity contribution >= 4 is 23.1 Å². The van der Waals surface area contributed by atoms with Crippen LogP contribution in [0, 0.1) is 6.92 Å². The summed E-state index contributed by atoms with van der Waals surface area (Å²) in [5.41, 5.74) is 6.57. The molecule has 0 aliphatic rings. The second-order valence-corrected chi connectivity index (χ2v) is 4.91. The molecule has 0 fully saturated rings. The quantitative estimate of drug-likeness (QED) is 0.896. The van der Waals surface area contributed by atoms with Crippen LogP contribution in [0.4, 0.5) is 5.82 Å². The third-order valence-corrected chi connectivity index (χ3v) is 3.13. The van der Waals surface area contributed by atoms with Crippen molar-refractivity contribution in [2.75, 3.05) is 12.8 Å². The van der Waals surface area contributed by atoms with Crippen molar-refractivity contribution < 1.29 is 4.79 Å². The number of aryl methyl sites for hydroxylation is 1. The van der Waals surface area contributed by atoms with Crippen LogP contribution in [0.15, 0.2) is 17.8 Å². The Balaban J connectivity index is 2.07. The van der Waals surface area contributed by atoms with Gasteiger partial charge in [0.1, 0.15) is 11.5 Å². The molecule has 2 heterocycles. The fourth-order valence-electron chi connectivity index (χ4n) is 1.44. The number of nitrogens with two attached hydrogens (primary N) is 1. The molecule has 18 heavy (non-hydrogen) atoms. The molecular formula is C11H13N5OS. The summed E-state index contributed by atoms with van der Waals surface area (Å²) in [4.78, 5) is 25.7. The average Bonchev–Trinajstić information content (AvgIpc) is 2.75. The van der Waals surface area contributed by atoms with E-state index in [1.807, 2.05) is 12.3 Å². The van der Waals surface area contributed by atoms with Crippen LogP contribution in [0.3, 0.4) is 0 Å². The van der Waals surface area contributed by atoms with Gasteiger partial charge in [-0.15, -0.1) is 11.3 Å². The van der Waals surface area contributed by atoms with Crippen molar-refractivity contribution in [1.82, 2.24) is 19.9 Å². The van der Waals surface area contributed by atoms with Gasteiger partial charge < -0.3 is 10.6 Å². The Hall–Kier alpha value is -2.02. The molecule has 0 radical (unpaired) electrons. The number of anilines is 1. The average molecular weight is 263 g/mol. The van der Waals surface area contributed by atoms with Crippen LogP contribution < -0.4 is 5.73 Å². The molecule has 2 N–H and O–H groups in total. The lowest BCUT2D eigenvalue weighted by molar-refractivity contribution is 0.0777. The highest BCUT2D eigenvalue weighted by molar-refractivity contribution is 7.09. The Morgan fingerprint density at radius 3 is 2.78 bits per heavy atom. The van der Waals surface area contributed by atoms with Gasteiger partial charge in [0.15, 0.2) is 0 Å². The molecule has 2 aromatic rings. The van der Waals surface area contributed by atoms with Gasteiger partial charge in [-0.25, -0.2) is 15.0 Å². The predicted molar refractivity (Wildman–Crippen MR) is 69.1 cm³/mol. The molecule has 1 amide bonds. The SMILES string of the molecule is Cc1nc(CN(C)C(=O)c2cnc(N)cn2)cs1. The summed E-state index contributed by atoms with van der Waals surface area (Å²) in [5.74, 6) is 0.0949. The maximum Gasteiger partial charge on any atom is 0.274 e. The second-order valence-electron chi connectivity index (χ2n) is 3.85. The number of nitrogen functional groups attached to an aromatic ring is 1. The van der Waals surface area contributed by atoms with Crippen LogP contribution in [0.2, 0.25) is 0 Å². The highest BCUT2D eigenvalue weighted by Gasteiger charge is 2.14. The van der Waals surface area contributed by atoms with E-state index in [1.54, 1.807) is 23.3 Å². The fourth-order valence-corrected chi connectivity index (χ4v) is 2.04. The maximum absolute atomic E-state index is 12.0. The van der Waals surface area contributed by atoms with Crippen molar-refractivity contribution in [2.45, 2.75) is 13.5 Å². The minimum atomic E-state index is -0.201. The third-order valence-electron chi connectivity index (χ3n) is 2.30. The van der Waals surface area contributed by atoms with Gasteiger partial charge in [0.2, 0.25) is 0 Å². The van der Waals surface area contributed by atoms with E-state index in [-0.39, 0.29) is 11.6 Å². The van der Waals surface area contributed by atoms with E-state index < -0.39 is 0 Å². The van der Waals surface area contributed by atoms with Crippen LogP contribution in [0.5, 0.6) is 0 Å². The van der Waals surface area contributed by atoms with Gasteiger partial charge in [-0.05, 0) is 6.92 Å². The summed E-state index contributed by atoms with van der Waals surface area (Å²) >= 11 is 1.56. The molecule has 0 aromatic carbocycles. The maximum atomic E-state index is 12.0. The number of carbonyl (C=O) groups is 1. The molecule has 6 nitrogen and oxygen atoms in total. The largest absolute Gasteiger partial charge is 0.382 e. The van der Waals surface area contributed by atoms with Gasteiger partial charge in [0, 0.05) is 12.4 Å². The smallest absolute Gasteiger partial charge is 0.274 e. The van der Waals surface area contributed by atoms with Crippen LogP contribution in [0.1, 0.15) is 21.2 Å². The Bertz CT molecular complexity index is 551. The lowest BCUT2D eigenvalue weighted by Crippen LogP contribution is -2.27. The van der Waals surface area contributed by atoms with E-state index >= 15 is 0 Å². The number of rotatable bonds is 3. The summed E-state index contributed by atoms with van der Waals surface area (Å²) in [7, 11) is 1.70. The van der Waals surface area contributed by atoms with Gasteiger partial charge >= 0.3 is 0 Å². The minimum Gasteiger partial charge on any atom is -0.382 e. The number of carbonyl (C=O) groups excluding carboxylic acids is 1. The molecular weight excluding hydrogens is 250 g/mol. The van der Waals surface area contributed by atoms with Crippen molar-refractivity contribution in [3.63, 3.8) is 0 Å². The zero-order valence-corrected chi connectivity index (χ0v) is 10.9. The van der Waals surface area contributed by atoms with Crippen molar-refractivity contribution in [3.05, 3.63) is 34.2 Å². The number of aromatic nitrogens is 3. The summed E-state index contributed by atoms with van der Waals surface area (Å²) in [6, 6.07) is 0. The molecule has 0 saturated carbocycles. The second kappa shape index (κ2) is 5.09. The van der Waals surface area contributed by atoms with Gasteiger partial charge in [-0.1, -0.05) is 0 Å². The number of amides is 1. The molecule has 0 aliphatic heterocycles. The Morgan fingerprint density at radius 1 is 1.44 bits per heavy atom. The standard InChI is InChI=1S/C11H13N5OS/c1-7-15-8(6-18-7)5-16(2)11(17)9-3-14-10(12)4-13-9/h3-4,6H,5H2,1-2H3,(H2,12,14). The molecule has 2 aromatic heterocycles. The van der Waals surface area contributed by atoms with Crippen LogP contribution in [0.25, 0.3) is 0 Å². The summed E-state index contributed by atoms with van der Waals surface area (Å²) in [5, 5.41) is 2.92. The molecule has 0 aliphatic carbocycles. The first kappa shape index (κ1) is 12.4. The molecule has 0 spiro atoms. The molecule has 2 rings (SSSR count). The van der Waals surface area contributed by atoms with E-state index in [0.29, 0.717) is 12.4 Å². The monoisotopic (exact) mass is 263 g/mol. The molecule has 0 atom stereocenters. The first-order valence-corrected chi connectivity index (χ1v) is 6.18. The van der Waals surface area contributed by atoms with E-state index in [2.05, 4.69) is 15.0 Å². The molecule has 94 valence electrons. The number of hydrogen-bond donors (Lipinski definition) is 1. The van der Waals surface area contributed by atoms with Crippen molar-refractivity contribution in [3.8, 4) is 0 Å².